The van der Waals surface area contributed by atoms with E-state index in [-0.39, 0.29) is 0 Å². The zero-order valence-corrected chi connectivity index (χ0v) is 12.0. The molecule has 0 spiro atoms. The Kier molecular flexibility index (Phi) is 3.82. The van der Waals surface area contributed by atoms with Gasteiger partial charge in [0.2, 0.25) is 0 Å². The molecule has 1 nitrogen and oxygen atoms in total. The van der Waals surface area contributed by atoms with Gasteiger partial charge in [0.1, 0.15) is 0 Å². The molecule has 0 heterocycles. The van der Waals surface area contributed by atoms with Crippen molar-refractivity contribution in [2.24, 2.45) is 5.41 Å². The van der Waals surface area contributed by atoms with Crippen LogP contribution in [0.2, 0.25) is 0 Å². The van der Waals surface area contributed by atoms with Crippen molar-refractivity contribution in [1.82, 2.24) is 0 Å². The third-order valence-electron chi connectivity index (χ3n) is 4.42. The van der Waals surface area contributed by atoms with Crippen LogP contribution in [-0.4, -0.2) is 10.7 Å². The van der Waals surface area contributed by atoms with Crippen molar-refractivity contribution in [3.8, 4) is 0 Å². The van der Waals surface area contributed by atoms with Gasteiger partial charge in [-0.1, -0.05) is 50.1 Å². The van der Waals surface area contributed by atoms with Gasteiger partial charge >= 0.3 is 0 Å². The van der Waals surface area contributed by atoms with Crippen LogP contribution < -0.4 is 0 Å². The Hall–Kier alpha value is -0.820. The fraction of sp³-hybridized carbons (Fsp3) is 0.647. The summed E-state index contributed by atoms with van der Waals surface area (Å²) in [7, 11) is 0. The van der Waals surface area contributed by atoms with Gasteiger partial charge in [-0.15, -0.1) is 0 Å². The van der Waals surface area contributed by atoms with Gasteiger partial charge in [0.05, 0.1) is 5.60 Å². The highest BCUT2D eigenvalue weighted by Gasteiger charge is 2.33. The van der Waals surface area contributed by atoms with Gasteiger partial charge < -0.3 is 5.11 Å². The maximum absolute atomic E-state index is 10.8. The van der Waals surface area contributed by atoms with Crippen molar-refractivity contribution in [2.75, 3.05) is 0 Å². The van der Waals surface area contributed by atoms with Crippen LogP contribution in [0.3, 0.4) is 0 Å². The van der Waals surface area contributed by atoms with Crippen molar-refractivity contribution in [3.63, 3.8) is 0 Å². The summed E-state index contributed by atoms with van der Waals surface area (Å²) in [5.41, 5.74) is 2.47. The Bertz CT molecular complexity index is 391. The van der Waals surface area contributed by atoms with Gasteiger partial charge in [0.25, 0.3) is 0 Å². The number of hydrogen-bond donors (Lipinski definition) is 1. The first kappa shape index (κ1) is 13.6. The lowest BCUT2D eigenvalue weighted by Crippen LogP contribution is -2.31. The Morgan fingerprint density at radius 1 is 1.00 bits per heavy atom. The SMILES string of the molecule is Cc1ccc(CC2(O)CCCC(C)(C)CC2)cc1. The number of aliphatic hydroxyl groups is 1. The second kappa shape index (κ2) is 5.05. The Labute approximate surface area is 111 Å². The maximum Gasteiger partial charge on any atom is 0.0688 e. The molecule has 0 amide bonds. The molecule has 100 valence electrons. The third-order valence-corrected chi connectivity index (χ3v) is 4.42. The second-order valence-electron chi connectivity index (χ2n) is 6.90. The van der Waals surface area contributed by atoms with Gasteiger partial charge in [0.15, 0.2) is 0 Å². The first-order chi connectivity index (χ1) is 8.39. The van der Waals surface area contributed by atoms with Crippen LogP contribution in [0.25, 0.3) is 0 Å². The molecule has 0 aliphatic heterocycles. The normalized spacial score (nSPS) is 27.8. The van der Waals surface area contributed by atoms with Crippen LogP contribution in [0.5, 0.6) is 0 Å². The van der Waals surface area contributed by atoms with Gasteiger partial charge in [-0.2, -0.15) is 0 Å². The smallest absolute Gasteiger partial charge is 0.0688 e. The molecule has 1 aliphatic rings. The Balaban J connectivity index is 2.05. The highest BCUT2D eigenvalue weighted by molar-refractivity contribution is 5.22. The van der Waals surface area contributed by atoms with Gasteiger partial charge in [0, 0.05) is 6.42 Å². The van der Waals surface area contributed by atoms with Crippen molar-refractivity contribution in [1.29, 1.82) is 0 Å². The average molecular weight is 246 g/mol. The number of aryl methyl sites for hydroxylation is 1. The van der Waals surface area contributed by atoms with E-state index in [4.69, 9.17) is 0 Å². The summed E-state index contributed by atoms with van der Waals surface area (Å²) in [6.45, 7) is 6.75. The fourth-order valence-electron chi connectivity index (χ4n) is 2.98. The van der Waals surface area contributed by atoms with Crippen LogP contribution >= 0.6 is 0 Å². The minimum Gasteiger partial charge on any atom is -0.390 e. The number of rotatable bonds is 2. The van der Waals surface area contributed by atoms with E-state index in [9.17, 15) is 5.11 Å². The molecule has 0 aromatic heterocycles. The monoisotopic (exact) mass is 246 g/mol. The summed E-state index contributed by atoms with van der Waals surface area (Å²) in [6, 6.07) is 8.59. The fourth-order valence-corrected chi connectivity index (χ4v) is 2.98. The van der Waals surface area contributed by atoms with Gasteiger partial charge in [-0.05, 0) is 43.6 Å². The van der Waals surface area contributed by atoms with E-state index in [0.29, 0.717) is 5.41 Å². The van der Waals surface area contributed by atoms with Crippen molar-refractivity contribution < 1.29 is 5.11 Å². The van der Waals surface area contributed by atoms with Gasteiger partial charge in [-0.3, -0.25) is 0 Å². The Morgan fingerprint density at radius 3 is 2.33 bits per heavy atom. The molecule has 1 fully saturated rings. The summed E-state index contributed by atoms with van der Waals surface area (Å²) < 4.78 is 0. The van der Waals surface area contributed by atoms with E-state index in [1.807, 2.05) is 0 Å². The lowest BCUT2D eigenvalue weighted by atomic mass is 9.83. The van der Waals surface area contributed by atoms with Crippen LogP contribution in [0, 0.1) is 12.3 Å². The topological polar surface area (TPSA) is 20.2 Å². The van der Waals surface area contributed by atoms with E-state index >= 15 is 0 Å². The lowest BCUT2D eigenvalue weighted by molar-refractivity contribution is 0.0226. The van der Waals surface area contributed by atoms with E-state index in [2.05, 4.69) is 45.0 Å². The first-order valence-electron chi connectivity index (χ1n) is 7.17. The Morgan fingerprint density at radius 2 is 1.67 bits per heavy atom. The van der Waals surface area contributed by atoms with E-state index in [0.717, 1.165) is 32.1 Å². The minimum absolute atomic E-state index is 0.401. The molecule has 1 N–H and O–H groups in total. The molecular formula is C17H26O. The molecule has 1 aliphatic carbocycles. The summed E-state index contributed by atoms with van der Waals surface area (Å²) in [6.07, 6.45) is 6.22. The maximum atomic E-state index is 10.8. The summed E-state index contributed by atoms with van der Waals surface area (Å²) in [5.74, 6) is 0. The summed E-state index contributed by atoms with van der Waals surface area (Å²) in [5, 5.41) is 10.8. The number of hydrogen-bond acceptors (Lipinski definition) is 1. The molecule has 0 radical (unpaired) electrons. The number of benzene rings is 1. The molecule has 1 atom stereocenters. The third kappa shape index (κ3) is 3.58. The molecule has 1 saturated carbocycles. The zero-order chi connectivity index (χ0) is 13.2. The largest absolute Gasteiger partial charge is 0.390 e. The van der Waals surface area contributed by atoms with Crippen LogP contribution in [-0.2, 0) is 6.42 Å². The summed E-state index contributed by atoms with van der Waals surface area (Å²) in [4.78, 5) is 0. The molecular weight excluding hydrogens is 220 g/mol. The minimum atomic E-state index is -0.483. The second-order valence-corrected chi connectivity index (χ2v) is 6.90. The van der Waals surface area contributed by atoms with Crippen LogP contribution in [0.4, 0.5) is 0 Å². The quantitative estimate of drug-likeness (QED) is 0.773. The van der Waals surface area contributed by atoms with E-state index < -0.39 is 5.60 Å². The predicted octanol–water partition coefficient (Wildman–Crippen LogP) is 4.26. The molecule has 1 heteroatoms. The van der Waals surface area contributed by atoms with Crippen molar-refractivity contribution in [3.05, 3.63) is 35.4 Å². The average Bonchev–Trinajstić information content (AvgIpc) is 2.42. The standard InChI is InChI=1S/C17H26O/c1-14-5-7-15(8-6-14)13-17(18)10-4-9-16(2,3)11-12-17/h5-8,18H,4,9-13H2,1-3H3. The molecule has 2 rings (SSSR count). The molecule has 18 heavy (non-hydrogen) atoms. The van der Waals surface area contributed by atoms with Crippen molar-refractivity contribution in [2.45, 2.75) is 64.9 Å². The first-order valence-corrected chi connectivity index (χ1v) is 7.17. The van der Waals surface area contributed by atoms with Gasteiger partial charge in [-0.25, -0.2) is 0 Å². The molecule has 1 unspecified atom stereocenters. The zero-order valence-electron chi connectivity index (χ0n) is 12.0. The lowest BCUT2D eigenvalue weighted by Gasteiger charge is -2.28. The predicted molar refractivity (Wildman–Crippen MR) is 76.7 cm³/mol. The molecule has 1 aromatic carbocycles. The van der Waals surface area contributed by atoms with Crippen LogP contribution in [0.1, 0.15) is 57.1 Å². The van der Waals surface area contributed by atoms with Crippen LogP contribution in [0.15, 0.2) is 24.3 Å². The van der Waals surface area contributed by atoms with E-state index in [1.54, 1.807) is 0 Å². The summed E-state index contributed by atoms with van der Waals surface area (Å²) >= 11 is 0. The molecule has 0 bridgehead atoms. The van der Waals surface area contributed by atoms with Crippen molar-refractivity contribution >= 4 is 0 Å². The highest BCUT2D eigenvalue weighted by atomic mass is 16.3. The van der Waals surface area contributed by atoms with E-state index in [1.165, 1.54) is 17.5 Å². The molecule has 1 aromatic rings. The molecule has 0 saturated heterocycles. The highest BCUT2D eigenvalue weighted by Crippen LogP contribution is 2.39.